The fourth-order valence-corrected chi connectivity index (χ4v) is 15.2. The van der Waals surface area contributed by atoms with Crippen molar-refractivity contribution < 1.29 is 18.9 Å². The molecule has 0 saturated heterocycles. The molecule has 88 heavy (non-hydrogen) atoms. The third-order valence-electron chi connectivity index (χ3n) is 18.8. The summed E-state index contributed by atoms with van der Waals surface area (Å²) in [6.45, 7) is 0. The van der Waals surface area contributed by atoms with Crippen molar-refractivity contribution in [2.24, 2.45) is 0 Å². The highest BCUT2D eigenvalue weighted by molar-refractivity contribution is 6.19. The fourth-order valence-electron chi connectivity index (χ4n) is 15.2. The maximum atomic E-state index is 5.83. The van der Waals surface area contributed by atoms with Crippen molar-refractivity contribution in [3.8, 4) is 45.3 Å². The van der Waals surface area contributed by atoms with Crippen LogP contribution in [0.3, 0.4) is 0 Å². The summed E-state index contributed by atoms with van der Waals surface area (Å²) >= 11 is 0. The summed E-state index contributed by atoms with van der Waals surface area (Å²) in [5.41, 5.74) is 16.0. The maximum absolute atomic E-state index is 5.83. The van der Waals surface area contributed by atoms with Crippen LogP contribution >= 0.6 is 0 Å². The van der Waals surface area contributed by atoms with Gasteiger partial charge in [-0.25, -0.2) is 0 Å². The van der Waals surface area contributed by atoms with Gasteiger partial charge in [-0.1, -0.05) is 182 Å². The molecule has 14 aromatic rings. The van der Waals surface area contributed by atoms with E-state index < -0.39 is 10.8 Å². The van der Waals surface area contributed by atoms with Gasteiger partial charge in [0.2, 0.25) is 0 Å². The molecular weight excluding hydrogens is 1080 g/mol. The van der Waals surface area contributed by atoms with E-state index in [1.807, 2.05) is 0 Å². The third kappa shape index (κ3) is 7.61. The molecule has 0 aliphatic heterocycles. The van der Waals surface area contributed by atoms with Crippen LogP contribution in [-0.4, -0.2) is 28.4 Å². The van der Waals surface area contributed by atoms with E-state index >= 15 is 0 Å². The molecule has 0 saturated carbocycles. The van der Waals surface area contributed by atoms with Gasteiger partial charge < -0.3 is 28.7 Å². The molecule has 2 unspecified atom stereocenters. The van der Waals surface area contributed by atoms with Crippen LogP contribution < -0.4 is 28.7 Å². The van der Waals surface area contributed by atoms with Gasteiger partial charge in [0, 0.05) is 33.5 Å². The van der Waals surface area contributed by atoms with Gasteiger partial charge in [0.05, 0.1) is 50.6 Å². The van der Waals surface area contributed by atoms with E-state index in [-0.39, 0.29) is 0 Å². The SMILES string of the molecule is COc1ccc(N(c2ccc(OC)cc2)c2cc3c(c4ccccc24)-c2c(ccc4ccccc24)C3(c2ccccc2)C2(c3ccccc3)c3ccc4ccccc4c3-c3c2cc(N(c2ccc(OC)cc2)c2ccc(OC)cc2)c2ccccc32)cc1. The van der Waals surface area contributed by atoms with Gasteiger partial charge in [-0.2, -0.15) is 0 Å². The van der Waals surface area contributed by atoms with Crippen LogP contribution in [0.5, 0.6) is 23.0 Å². The second kappa shape index (κ2) is 20.9. The molecule has 2 atom stereocenters. The van der Waals surface area contributed by atoms with Gasteiger partial charge in [-0.05, 0) is 197 Å². The molecule has 2 aliphatic rings. The standard InChI is InChI=1S/C82H60N2O4/c1-85-61-41-33-57(34-42-61)83(58-35-43-62(86-2)44-36-58)75-51-73-79(69-29-17-15-27-67(69)75)77-65-25-13-11-19-53(65)31-49-71(77)81(73,55-21-7-5-8-22-55)82(56-23-9-6-10-24-56)72-50-32-54-20-12-14-26-66(54)78(72)80-70-30-18-16-28-68(70)76(52-74(80)82)84(59-37-45-63(87-3)46-38-59)60-39-47-64(88-4)48-40-60/h5-52H,1-4H3. The molecule has 0 heterocycles. The third-order valence-corrected chi connectivity index (χ3v) is 18.8. The quantitative estimate of drug-likeness (QED) is 0.115. The molecule has 0 spiro atoms. The van der Waals surface area contributed by atoms with Crippen LogP contribution in [0.4, 0.5) is 34.1 Å². The van der Waals surface area contributed by atoms with Gasteiger partial charge in [0.15, 0.2) is 0 Å². The van der Waals surface area contributed by atoms with E-state index in [4.69, 9.17) is 18.9 Å². The number of nitrogens with zero attached hydrogens (tertiary/aromatic N) is 2. The summed E-state index contributed by atoms with van der Waals surface area (Å²) in [7, 11) is 6.89. The predicted molar refractivity (Wildman–Crippen MR) is 362 cm³/mol. The zero-order valence-electron chi connectivity index (χ0n) is 49.2. The van der Waals surface area contributed by atoms with Gasteiger partial charge in [-0.15, -0.1) is 0 Å². The normalized spacial score (nSPS) is 15.4. The summed E-state index contributed by atoms with van der Waals surface area (Å²) in [4.78, 5) is 4.84. The minimum absolute atomic E-state index is 0.781. The van der Waals surface area contributed by atoms with Crippen LogP contribution in [0.2, 0.25) is 0 Å². The van der Waals surface area contributed by atoms with Gasteiger partial charge in [-0.3, -0.25) is 0 Å². The molecular formula is C82H60N2O4. The summed E-state index contributed by atoms with van der Waals surface area (Å²) < 4.78 is 23.3. The summed E-state index contributed by atoms with van der Waals surface area (Å²) in [5, 5.41) is 9.29. The summed E-state index contributed by atoms with van der Waals surface area (Å²) in [5.74, 6) is 3.12. The Hall–Kier alpha value is -11.1. The van der Waals surface area contributed by atoms with E-state index in [0.29, 0.717) is 0 Å². The van der Waals surface area contributed by atoms with Crippen molar-refractivity contribution in [1.29, 1.82) is 0 Å². The van der Waals surface area contributed by atoms with Crippen LogP contribution in [0.25, 0.3) is 65.3 Å². The Balaban J connectivity index is 1.15. The van der Waals surface area contributed by atoms with E-state index in [0.717, 1.165) is 78.7 Å². The lowest BCUT2D eigenvalue weighted by Gasteiger charge is -2.51. The predicted octanol–water partition coefficient (Wildman–Crippen LogP) is 20.6. The smallest absolute Gasteiger partial charge is 0.119 e. The average molecular weight is 1140 g/mol. The minimum Gasteiger partial charge on any atom is -0.497 e. The van der Waals surface area contributed by atoms with Crippen LogP contribution in [-0.2, 0) is 10.8 Å². The first-order valence-electron chi connectivity index (χ1n) is 29.9. The Labute approximate surface area is 512 Å². The number of methoxy groups -OCH3 is 4. The highest BCUT2D eigenvalue weighted by Gasteiger charge is 2.65. The largest absolute Gasteiger partial charge is 0.497 e. The number of benzene rings is 14. The lowest BCUT2D eigenvalue weighted by molar-refractivity contribution is 0.414. The Morgan fingerprint density at radius 3 is 0.830 bits per heavy atom. The molecule has 6 heteroatoms. The van der Waals surface area contributed by atoms with Crippen LogP contribution in [0, 0.1) is 0 Å². The molecule has 2 aliphatic carbocycles. The number of fused-ring (bicyclic) bond motifs is 14. The van der Waals surface area contributed by atoms with Crippen molar-refractivity contribution in [3.63, 3.8) is 0 Å². The molecule has 422 valence electrons. The monoisotopic (exact) mass is 1140 g/mol. The summed E-state index contributed by atoms with van der Waals surface area (Å²) in [6, 6.07) is 108. The molecule has 16 rings (SSSR count). The van der Waals surface area contributed by atoms with E-state index in [9.17, 15) is 0 Å². The number of hydrogen-bond donors (Lipinski definition) is 0. The number of rotatable bonds is 13. The Bertz CT molecular complexity index is 4600. The zero-order valence-corrected chi connectivity index (χ0v) is 49.2. The molecule has 0 fully saturated rings. The van der Waals surface area contributed by atoms with Crippen molar-refractivity contribution >= 4 is 77.2 Å². The lowest BCUT2D eigenvalue weighted by atomic mass is 9.49. The van der Waals surface area contributed by atoms with E-state index in [1.54, 1.807) is 28.4 Å². The number of anilines is 6. The second-order valence-electron chi connectivity index (χ2n) is 22.8. The molecule has 14 aromatic carbocycles. The molecule has 0 amide bonds. The first-order chi connectivity index (χ1) is 43.5. The highest BCUT2D eigenvalue weighted by atomic mass is 16.5. The molecule has 0 aromatic heterocycles. The first-order valence-corrected chi connectivity index (χ1v) is 29.9. The fraction of sp³-hybridized carbons (Fsp3) is 0.0732. The first kappa shape index (κ1) is 52.5. The molecule has 0 N–H and O–H groups in total. The minimum atomic E-state index is -1.04. The van der Waals surface area contributed by atoms with E-state index in [1.165, 1.54) is 77.2 Å². The van der Waals surface area contributed by atoms with Crippen molar-refractivity contribution in [2.45, 2.75) is 10.8 Å². The average Bonchev–Trinajstić information content (AvgIpc) is 1.45. The van der Waals surface area contributed by atoms with Crippen molar-refractivity contribution in [1.82, 2.24) is 0 Å². The summed E-state index contributed by atoms with van der Waals surface area (Å²) in [6.07, 6.45) is 0. The molecule has 6 nitrogen and oxygen atoms in total. The lowest BCUT2D eigenvalue weighted by Crippen LogP contribution is -2.50. The molecule has 0 bridgehead atoms. The number of ether oxygens (including phenoxy) is 4. The zero-order chi connectivity index (χ0) is 59.1. The Morgan fingerprint density at radius 1 is 0.239 bits per heavy atom. The van der Waals surface area contributed by atoms with Crippen molar-refractivity contribution in [3.05, 3.63) is 325 Å². The van der Waals surface area contributed by atoms with Crippen LogP contribution in [0.1, 0.15) is 33.4 Å². The van der Waals surface area contributed by atoms with E-state index in [2.05, 4.69) is 301 Å². The highest BCUT2D eigenvalue weighted by Crippen LogP contribution is 2.73. The van der Waals surface area contributed by atoms with Gasteiger partial charge in [0.1, 0.15) is 23.0 Å². The van der Waals surface area contributed by atoms with Crippen LogP contribution in [0.15, 0.2) is 291 Å². The van der Waals surface area contributed by atoms with Gasteiger partial charge in [0.25, 0.3) is 0 Å². The topological polar surface area (TPSA) is 43.4 Å². The number of hydrogen-bond acceptors (Lipinski definition) is 6. The molecule has 0 radical (unpaired) electrons. The second-order valence-corrected chi connectivity index (χ2v) is 22.8. The van der Waals surface area contributed by atoms with Crippen molar-refractivity contribution in [2.75, 3.05) is 38.2 Å². The Morgan fingerprint density at radius 2 is 0.511 bits per heavy atom. The maximum Gasteiger partial charge on any atom is 0.119 e. The van der Waals surface area contributed by atoms with Gasteiger partial charge >= 0.3 is 0 Å². The Kier molecular flexibility index (Phi) is 12.4.